The molecule has 0 aliphatic carbocycles. The van der Waals surface area contributed by atoms with Gasteiger partial charge >= 0.3 is 0 Å². The molecule has 1 aliphatic heterocycles. The summed E-state index contributed by atoms with van der Waals surface area (Å²) in [5.41, 5.74) is 1.36. The summed E-state index contributed by atoms with van der Waals surface area (Å²) in [6.07, 6.45) is 12.0. The highest BCUT2D eigenvalue weighted by molar-refractivity contribution is 5.14. The van der Waals surface area contributed by atoms with E-state index in [0.717, 1.165) is 13.1 Å². The van der Waals surface area contributed by atoms with Gasteiger partial charge < -0.3 is 4.57 Å². The van der Waals surface area contributed by atoms with Gasteiger partial charge in [-0.2, -0.15) is 0 Å². The van der Waals surface area contributed by atoms with E-state index in [0.29, 0.717) is 12.1 Å². The highest BCUT2D eigenvalue weighted by Gasteiger charge is 2.23. The normalized spacial score (nSPS) is 19.4. The van der Waals surface area contributed by atoms with E-state index in [-0.39, 0.29) is 0 Å². The fourth-order valence-corrected chi connectivity index (χ4v) is 2.91. The average Bonchev–Trinajstić information content (AvgIpc) is 3.02. The molecular formula is C15H20N4. The molecule has 0 aromatic carbocycles. The minimum atomic E-state index is 0.478. The van der Waals surface area contributed by atoms with E-state index < -0.39 is 0 Å². The fourth-order valence-electron chi connectivity index (χ4n) is 2.91. The number of hydrogen-bond acceptors (Lipinski definition) is 3. The van der Waals surface area contributed by atoms with Gasteiger partial charge in [0.05, 0.1) is 6.33 Å². The predicted molar refractivity (Wildman–Crippen MR) is 74.7 cm³/mol. The largest absolute Gasteiger partial charge is 0.334 e. The summed E-state index contributed by atoms with van der Waals surface area (Å²) in [6, 6.07) is 5.33. The number of rotatable bonds is 3. The van der Waals surface area contributed by atoms with Crippen LogP contribution in [0.1, 0.15) is 37.4 Å². The maximum atomic E-state index is 4.14. The van der Waals surface area contributed by atoms with Crippen LogP contribution < -0.4 is 0 Å². The van der Waals surface area contributed by atoms with Crippen LogP contribution in [0.15, 0.2) is 43.2 Å². The Balaban J connectivity index is 1.61. The van der Waals surface area contributed by atoms with Crippen LogP contribution in [0.2, 0.25) is 0 Å². The molecule has 4 nitrogen and oxygen atoms in total. The molecule has 3 rings (SSSR count). The van der Waals surface area contributed by atoms with Crippen molar-refractivity contribution in [3.05, 3.63) is 48.8 Å². The molecule has 100 valence electrons. The van der Waals surface area contributed by atoms with Gasteiger partial charge in [-0.05, 0) is 37.5 Å². The first-order valence-electron chi connectivity index (χ1n) is 6.96. The Hall–Kier alpha value is -1.68. The molecule has 0 radical (unpaired) electrons. The molecule has 1 unspecified atom stereocenters. The second kappa shape index (κ2) is 5.53. The zero-order chi connectivity index (χ0) is 13.1. The third-order valence-electron chi connectivity index (χ3n) is 4.18. The molecule has 0 amide bonds. The summed E-state index contributed by atoms with van der Waals surface area (Å²) in [4.78, 5) is 10.8. The van der Waals surface area contributed by atoms with Gasteiger partial charge in [0.2, 0.25) is 0 Å². The molecule has 1 saturated heterocycles. The minimum Gasteiger partial charge on any atom is -0.334 e. The molecule has 19 heavy (non-hydrogen) atoms. The Morgan fingerprint density at radius 3 is 2.47 bits per heavy atom. The van der Waals surface area contributed by atoms with Crippen LogP contribution in [0.25, 0.3) is 0 Å². The Labute approximate surface area is 114 Å². The van der Waals surface area contributed by atoms with E-state index in [2.05, 4.69) is 44.7 Å². The summed E-state index contributed by atoms with van der Waals surface area (Å²) in [5.74, 6) is 0. The van der Waals surface area contributed by atoms with Crippen molar-refractivity contribution < 1.29 is 0 Å². The van der Waals surface area contributed by atoms with Gasteiger partial charge in [-0.1, -0.05) is 0 Å². The lowest BCUT2D eigenvalue weighted by atomic mass is 10.0. The van der Waals surface area contributed by atoms with E-state index in [1.54, 1.807) is 0 Å². The van der Waals surface area contributed by atoms with E-state index in [4.69, 9.17) is 0 Å². The van der Waals surface area contributed by atoms with Crippen molar-refractivity contribution in [1.29, 1.82) is 0 Å². The number of hydrogen-bond donors (Lipinski definition) is 0. The fraction of sp³-hybridized carbons (Fsp3) is 0.467. The predicted octanol–water partition coefficient (Wildman–Crippen LogP) is 2.68. The van der Waals surface area contributed by atoms with Gasteiger partial charge in [0.1, 0.15) is 0 Å². The first kappa shape index (κ1) is 12.4. The Morgan fingerprint density at radius 2 is 1.84 bits per heavy atom. The number of pyridine rings is 1. The van der Waals surface area contributed by atoms with Crippen molar-refractivity contribution in [2.45, 2.75) is 31.8 Å². The number of piperidine rings is 1. The summed E-state index contributed by atoms with van der Waals surface area (Å²) in [6.45, 7) is 4.57. The van der Waals surface area contributed by atoms with Crippen molar-refractivity contribution in [1.82, 2.24) is 19.4 Å². The zero-order valence-corrected chi connectivity index (χ0v) is 11.3. The van der Waals surface area contributed by atoms with Crippen LogP contribution >= 0.6 is 0 Å². The van der Waals surface area contributed by atoms with E-state index in [1.165, 1.54) is 18.4 Å². The SMILES string of the molecule is CC(c1ccncc1)N1CCC(n2ccnc2)CC1. The molecule has 1 fully saturated rings. The lowest BCUT2D eigenvalue weighted by molar-refractivity contribution is 0.143. The lowest BCUT2D eigenvalue weighted by Gasteiger charge is -2.36. The summed E-state index contributed by atoms with van der Waals surface area (Å²) < 4.78 is 2.24. The highest BCUT2D eigenvalue weighted by Crippen LogP contribution is 2.28. The second-order valence-electron chi connectivity index (χ2n) is 5.23. The average molecular weight is 256 g/mol. The van der Waals surface area contributed by atoms with Gasteiger partial charge in [0.25, 0.3) is 0 Å². The third-order valence-corrected chi connectivity index (χ3v) is 4.18. The zero-order valence-electron chi connectivity index (χ0n) is 11.3. The Bertz CT molecular complexity index is 486. The van der Waals surface area contributed by atoms with Gasteiger partial charge in [0.15, 0.2) is 0 Å². The monoisotopic (exact) mass is 256 g/mol. The topological polar surface area (TPSA) is 34.0 Å². The lowest BCUT2D eigenvalue weighted by Crippen LogP contribution is -2.36. The molecule has 0 saturated carbocycles. The molecule has 1 aliphatic rings. The van der Waals surface area contributed by atoms with Gasteiger partial charge in [-0.3, -0.25) is 9.88 Å². The molecule has 4 heteroatoms. The van der Waals surface area contributed by atoms with Crippen LogP contribution in [0.4, 0.5) is 0 Å². The molecular weight excluding hydrogens is 236 g/mol. The number of imidazole rings is 1. The first-order chi connectivity index (χ1) is 9.34. The number of likely N-dealkylation sites (tertiary alicyclic amines) is 1. The maximum absolute atomic E-state index is 4.14. The first-order valence-corrected chi connectivity index (χ1v) is 6.96. The summed E-state index contributed by atoms with van der Waals surface area (Å²) in [5, 5.41) is 0. The molecule has 0 bridgehead atoms. The van der Waals surface area contributed by atoms with Crippen LogP contribution in [-0.4, -0.2) is 32.5 Å². The maximum Gasteiger partial charge on any atom is 0.0948 e. The molecule has 2 aromatic rings. The third kappa shape index (κ3) is 2.68. The molecule has 2 aromatic heterocycles. The quantitative estimate of drug-likeness (QED) is 0.846. The highest BCUT2D eigenvalue weighted by atomic mass is 15.2. The molecule has 1 atom stereocenters. The number of nitrogens with zero attached hydrogens (tertiary/aromatic N) is 4. The number of aromatic nitrogens is 3. The summed E-state index contributed by atoms with van der Waals surface area (Å²) in [7, 11) is 0. The van der Waals surface area contributed by atoms with Crippen LogP contribution in [-0.2, 0) is 0 Å². The Morgan fingerprint density at radius 1 is 1.11 bits per heavy atom. The van der Waals surface area contributed by atoms with Gasteiger partial charge in [-0.15, -0.1) is 0 Å². The van der Waals surface area contributed by atoms with Crippen LogP contribution in [0.5, 0.6) is 0 Å². The van der Waals surface area contributed by atoms with E-state index >= 15 is 0 Å². The van der Waals surface area contributed by atoms with Crippen molar-refractivity contribution in [3.63, 3.8) is 0 Å². The van der Waals surface area contributed by atoms with Gasteiger partial charge in [-0.25, -0.2) is 4.98 Å². The minimum absolute atomic E-state index is 0.478. The van der Waals surface area contributed by atoms with Crippen molar-refractivity contribution in [3.8, 4) is 0 Å². The molecule has 3 heterocycles. The van der Waals surface area contributed by atoms with Crippen molar-refractivity contribution in [2.75, 3.05) is 13.1 Å². The smallest absolute Gasteiger partial charge is 0.0948 e. The van der Waals surface area contributed by atoms with Gasteiger partial charge in [0, 0.05) is 50.0 Å². The molecule has 0 spiro atoms. The van der Waals surface area contributed by atoms with Crippen molar-refractivity contribution in [2.24, 2.45) is 0 Å². The van der Waals surface area contributed by atoms with Crippen LogP contribution in [0.3, 0.4) is 0 Å². The van der Waals surface area contributed by atoms with Crippen LogP contribution in [0, 0.1) is 0 Å². The summed E-state index contributed by atoms with van der Waals surface area (Å²) >= 11 is 0. The van der Waals surface area contributed by atoms with E-state index in [1.807, 2.05) is 24.9 Å². The standard InChI is InChI=1S/C15H20N4/c1-13(14-2-6-16-7-3-14)18-9-4-15(5-10-18)19-11-8-17-12-19/h2-3,6-8,11-13,15H,4-5,9-10H2,1H3. The van der Waals surface area contributed by atoms with Crippen molar-refractivity contribution >= 4 is 0 Å². The van der Waals surface area contributed by atoms with E-state index in [9.17, 15) is 0 Å². The second-order valence-corrected chi connectivity index (χ2v) is 5.23. The molecule has 0 N–H and O–H groups in total. The Kier molecular flexibility index (Phi) is 3.60.